The molecule has 0 aliphatic carbocycles. The van der Waals surface area contributed by atoms with Crippen molar-refractivity contribution in [2.75, 3.05) is 7.11 Å². The van der Waals surface area contributed by atoms with E-state index in [4.69, 9.17) is 4.74 Å². The lowest BCUT2D eigenvalue weighted by Crippen LogP contribution is -2.24. The predicted octanol–water partition coefficient (Wildman–Crippen LogP) is 1.90. The third-order valence-corrected chi connectivity index (χ3v) is 3.08. The maximum Gasteiger partial charge on any atom is 0.123 e. The highest BCUT2D eigenvalue weighted by molar-refractivity contribution is 9.10. The Bertz CT molecular complexity index is 578. The minimum atomic E-state index is -1.11. The van der Waals surface area contributed by atoms with Gasteiger partial charge in [0.05, 0.1) is 7.11 Å². The molecule has 0 saturated carbocycles. The number of halogens is 1. The summed E-state index contributed by atoms with van der Waals surface area (Å²) in [5.74, 6) is -0.539. The van der Waals surface area contributed by atoms with Gasteiger partial charge < -0.3 is 14.6 Å². The number of aliphatic carboxylic acids is 1. The second-order valence-electron chi connectivity index (χ2n) is 3.66. The van der Waals surface area contributed by atoms with Crippen LogP contribution in [0.2, 0.25) is 0 Å². The number of hydrogen-bond acceptors (Lipinski definition) is 3. The van der Waals surface area contributed by atoms with E-state index in [-0.39, 0.29) is 6.42 Å². The molecular formula is C13H10BrO3-. The summed E-state index contributed by atoms with van der Waals surface area (Å²) in [6.45, 7) is 0. The first-order valence-corrected chi connectivity index (χ1v) is 5.86. The lowest BCUT2D eigenvalue weighted by Gasteiger charge is -2.12. The van der Waals surface area contributed by atoms with Crippen molar-refractivity contribution in [2.24, 2.45) is 0 Å². The van der Waals surface area contributed by atoms with Gasteiger partial charge in [0.1, 0.15) is 5.75 Å². The molecule has 2 aromatic carbocycles. The van der Waals surface area contributed by atoms with Crippen LogP contribution in [0, 0.1) is 0 Å². The number of fused-ring (bicyclic) bond motifs is 1. The molecule has 0 radical (unpaired) electrons. The van der Waals surface area contributed by atoms with Gasteiger partial charge in [0.25, 0.3) is 0 Å². The summed E-state index contributed by atoms with van der Waals surface area (Å²) in [7, 11) is 1.53. The molecule has 0 aliphatic heterocycles. The predicted molar refractivity (Wildman–Crippen MR) is 66.9 cm³/mol. The summed E-state index contributed by atoms with van der Waals surface area (Å²) in [5.41, 5.74) is 0.650. The van der Waals surface area contributed by atoms with Crippen LogP contribution in [0.4, 0.5) is 0 Å². The van der Waals surface area contributed by atoms with Gasteiger partial charge in [-0.15, -0.1) is 0 Å². The quantitative estimate of drug-likeness (QED) is 0.868. The molecule has 0 amide bonds. The Hall–Kier alpha value is -1.55. The van der Waals surface area contributed by atoms with Crippen molar-refractivity contribution < 1.29 is 14.6 Å². The third-order valence-electron chi connectivity index (χ3n) is 2.59. The number of rotatable bonds is 3. The molecule has 17 heavy (non-hydrogen) atoms. The molecule has 0 heterocycles. The number of carbonyl (C=O) groups excluding carboxylic acids is 1. The maximum atomic E-state index is 10.8. The lowest BCUT2D eigenvalue weighted by atomic mass is 10.0. The Balaban J connectivity index is 2.69. The first kappa shape index (κ1) is 11.9. The number of hydrogen-bond donors (Lipinski definition) is 0. The van der Waals surface area contributed by atoms with Crippen LogP contribution in [0.5, 0.6) is 5.75 Å². The van der Waals surface area contributed by atoms with Crippen LogP contribution in [0.3, 0.4) is 0 Å². The van der Waals surface area contributed by atoms with Crippen molar-refractivity contribution in [3.05, 3.63) is 40.4 Å². The fourth-order valence-electron chi connectivity index (χ4n) is 1.86. The molecular weight excluding hydrogens is 284 g/mol. The molecule has 0 bridgehead atoms. The minimum absolute atomic E-state index is 0.151. The Kier molecular flexibility index (Phi) is 3.33. The molecule has 88 valence electrons. The van der Waals surface area contributed by atoms with Crippen molar-refractivity contribution in [2.45, 2.75) is 6.42 Å². The Morgan fingerprint density at radius 1 is 1.35 bits per heavy atom. The zero-order valence-electron chi connectivity index (χ0n) is 9.20. The highest BCUT2D eigenvalue weighted by atomic mass is 79.9. The molecule has 0 fully saturated rings. The highest BCUT2D eigenvalue weighted by Gasteiger charge is 2.08. The van der Waals surface area contributed by atoms with E-state index in [0.717, 1.165) is 15.2 Å². The van der Waals surface area contributed by atoms with Crippen molar-refractivity contribution in [3.8, 4) is 5.75 Å². The summed E-state index contributed by atoms with van der Waals surface area (Å²) < 4.78 is 6.14. The van der Waals surface area contributed by atoms with Gasteiger partial charge in [-0.2, -0.15) is 0 Å². The van der Waals surface area contributed by atoms with E-state index >= 15 is 0 Å². The largest absolute Gasteiger partial charge is 0.550 e. The first-order valence-electron chi connectivity index (χ1n) is 5.07. The average Bonchev–Trinajstić information content (AvgIpc) is 2.28. The number of methoxy groups -OCH3 is 1. The number of carboxylic acid groups (broad SMARTS) is 1. The molecule has 0 aromatic heterocycles. The molecule has 0 aliphatic rings. The molecule has 2 aromatic rings. The van der Waals surface area contributed by atoms with E-state index in [1.807, 2.05) is 24.3 Å². The smallest absolute Gasteiger partial charge is 0.123 e. The molecule has 0 unspecified atom stereocenters. The van der Waals surface area contributed by atoms with Crippen LogP contribution in [0.25, 0.3) is 10.8 Å². The van der Waals surface area contributed by atoms with Gasteiger partial charge in [-0.3, -0.25) is 0 Å². The zero-order valence-corrected chi connectivity index (χ0v) is 10.8. The maximum absolute atomic E-state index is 10.8. The van der Waals surface area contributed by atoms with E-state index in [0.29, 0.717) is 11.3 Å². The monoisotopic (exact) mass is 293 g/mol. The second-order valence-corrected chi connectivity index (χ2v) is 4.58. The summed E-state index contributed by atoms with van der Waals surface area (Å²) in [6.07, 6.45) is -0.151. The average molecular weight is 294 g/mol. The first-order chi connectivity index (χ1) is 8.11. The topological polar surface area (TPSA) is 49.4 Å². The summed E-state index contributed by atoms with van der Waals surface area (Å²) in [5, 5.41) is 12.6. The third kappa shape index (κ3) is 2.42. The van der Waals surface area contributed by atoms with E-state index in [9.17, 15) is 9.90 Å². The number of carboxylic acids is 1. The van der Waals surface area contributed by atoms with E-state index < -0.39 is 5.97 Å². The second kappa shape index (κ2) is 4.75. The van der Waals surface area contributed by atoms with Crippen LogP contribution in [0.15, 0.2) is 34.8 Å². The SMILES string of the molecule is COc1ccc2cc(Br)ccc2c1CC(=O)[O-]. The normalized spacial score (nSPS) is 10.5. The van der Waals surface area contributed by atoms with E-state index in [1.165, 1.54) is 7.11 Å². The fourth-order valence-corrected chi connectivity index (χ4v) is 2.24. The summed E-state index contributed by atoms with van der Waals surface area (Å²) in [4.78, 5) is 10.8. The van der Waals surface area contributed by atoms with Gasteiger partial charge in [-0.25, -0.2) is 0 Å². The minimum Gasteiger partial charge on any atom is -0.550 e. The van der Waals surface area contributed by atoms with Crippen LogP contribution < -0.4 is 9.84 Å². The van der Waals surface area contributed by atoms with Crippen molar-refractivity contribution >= 4 is 32.7 Å². The number of benzene rings is 2. The van der Waals surface area contributed by atoms with E-state index in [1.54, 1.807) is 6.07 Å². The molecule has 3 nitrogen and oxygen atoms in total. The number of carbonyl (C=O) groups is 1. The van der Waals surface area contributed by atoms with Crippen LogP contribution in [-0.2, 0) is 11.2 Å². The lowest BCUT2D eigenvalue weighted by molar-refractivity contribution is -0.304. The molecule has 4 heteroatoms. The standard InChI is InChI=1S/C13H11BrO3/c1-17-12-5-2-8-6-9(14)3-4-10(8)11(12)7-13(15)16/h2-6H,7H2,1H3,(H,15,16)/p-1. The van der Waals surface area contributed by atoms with Crippen molar-refractivity contribution in [1.82, 2.24) is 0 Å². The molecule has 0 spiro atoms. The van der Waals surface area contributed by atoms with Gasteiger partial charge in [-0.1, -0.05) is 28.1 Å². The number of ether oxygens (including phenoxy) is 1. The van der Waals surface area contributed by atoms with Crippen molar-refractivity contribution in [1.29, 1.82) is 0 Å². The summed E-state index contributed by atoms with van der Waals surface area (Å²) >= 11 is 3.38. The van der Waals surface area contributed by atoms with Crippen LogP contribution in [0.1, 0.15) is 5.56 Å². The van der Waals surface area contributed by atoms with E-state index in [2.05, 4.69) is 15.9 Å². The Morgan fingerprint density at radius 2 is 2.12 bits per heavy atom. The Morgan fingerprint density at radius 3 is 2.76 bits per heavy atom. The molecule has 0 saturated heterocycles. The van der Waals surface area contributed by atoms with Gasteiger partial charge in [0, 0.05) is 22.4 Å². The van der Waals surface area contributed by atoms with Gasteiger partial charge >= 0.3 is 0 Å². The van der Waals surface area contributed by atoms with Gasteiger partial charge in [0.2, 0.25) is 0 Å². The van der Waals surface area contributed by atoms with Gasteiger partial charge in [-0.05, 0) is 29.0 Å². The summed E-state index contributed by atoms with van der Waals surface area (Å²) in [6, 6.07) is 9.36. The molecule has 2 rings (SSSR count). The van der Waals surface area contributed by atoms with Gasteiger partial charge in [0.15, 0.2) is 0 Å². The highest BCUT2D eigenvalue weighted by Crippen LogP contribution is 2.30. The molecule has 0 atom stereocenters. The molecule has 0 N–H and O–H groups in total. The Labute approximate surface area is 107 Å². The fraction of sp³-hybridized carbons (Fsp3) is 0.154. The van der Waals surface area contributed by atoms with Crippen LogP contribution >= 0.6 is 15.9 Å². The van der Waals surface area contributed by atoms with Crippen LogP contribution in [-0.4, -0.2) is 13.1 Å². The zero-order chi connectivity index (χ0) is 12.4. The van der Waals surface area contributed by atoms with Crippen molar-refractivity contribution in [3.63, 3.8) is 0 Å².